The molecule has 0 atom stereocenters. The van der Waals surface area contributed by atoms with Crippen molar-refractivity contribution in [3.63, 3.8) is 0 Å². The number of benzene rings is 2. The van der Waals surface area contributed by atoms with Crippen LogP contribution in [0, 0.1) is 0 Å². The SMILES string of the molecule is COc1cc(OC)cc(-c2coc3cc(OC)cc(C(=O)NC4CCCC4)c23)c1. The summed E-state index contributed by atoms with van der Waals surface area (Å²) in [5.74, 6) is 1.80. The van der Waals surface area contributed by atoms with E-state index in [9.17, 15) is 4.79 Å². The van der Waals surface area contributed by atoms with E-state index in [2.05, 4.69) is 5.32 Å². The fourth-order valence-electron chi connectivity index (χ4n) is 3.95. The van der Waals surface area contributed by atoms with Crippen LogP contribution < -0.4 is 19.5 Å². The van der Waals surface area contributed by atoms with Gasteiger partial charge in [-0.3, -0.25) is 4.79 Å². The molecule has 1 N–H and O–H groups in total. The Bertz CT molecular complexity index is 1010. The van der Waals surface area contributed by atoms with Crippen LogP contribution in [0.25, 0.3) is 22.1 Å². The lowest BCUT2D eigenvalue weighted by molar-refractivity contribution is 0.0939. The van der Waals surface area contributed by atoms with Gasteiger partial charge in [-0.05, 0) is 36.6 Å². The first kappa shape index (κ1) is 19.2. The van der Waals surface area contributed by atoms with Crippen molar-refractivity contribution in [3.05, 3.63) is 42.2 Å². The monoisotopic (exact) mass is 395 g/mol. The molecular weight excluding hydrogens is 370 g/mol. The minimum Gasteiger partial charge on any atom is -0.497 e. The fraction of sp³-hybridized carbons (Fsp3) is 0.348. The molecule has 0 bridgehead atoms. The van der Waals surface area contributed by atoms with Gasteiger partial charge in [0.15, 0.2) is 0 Å². The lowest BCUT2D eigenvalue weighted by Gasteiger charge is -2.14. The normalized spacial score (nSPS) is 14.2. The quantitative estimate of drug-likeness (QED) is 0.649. The first-order valence-electron chi connectivity index (χ1n) is 9.76. The largest absolute Gasteiger partial charge is 0.497 e. The molecule has 0 unspecified atom stereocenters. The highest BCUT2D eigenvalue weighted by molar-refractivity contribution is 6.12. The predicted octanol–water partition coefficient (Wildman–Crippen LogP) is 4.80. The molecule has 1 aliphatic rings. The number of carbonyl (C=O) groups excluding carboxylic acids is 1. The Morgan fingerprint density at radius 2 is 1.55 bits per heavy atom. The smallest absolute Gasteiger partial charge is 0.252 e. The molecule has 0 radical (unpaired) electrons. The first-order valence-corrected chi connectivity index (χ1v) is 9.76. The zero-order chi connectivity index (χ0) is 20.4. The predicted molar refractivity (Wildman–Crippen MR) is 111 cm³/mol. The second kappa shape index (κ2) is 8.07. The molecule has 1 aromatic heterocycles. The van der Waals surface area contributed by atoms with E-state index in [1.165, 1.54) is 0 Å². The van der Waals surface area contributed by atoms with Gasteiger partial charge >= 0.3 is 0 Å². The van der Waals surface area contributed by atoms with Gasteiger partial charge < -0.3 is 23.9 Å². The van der Waals surface area contributed by atoms with E-state index in [-0.39, 0.29) is 11.9 Å². The van der Waals surface area contributed by atoms with Gasteiger partial charge in [-0.1, -0.05) is 12.8 Å². The van der Waals surface area contributed by atoms with Gasteiger partial charge in [0, 0.05) is 29.1 Å². The molecule has 0 spiro atoms. The average Bonchev–Trinajstić information content (AvgIpc) is 3.42. The summed E-state index contributed by atoms with van der Waals surface area (Å²) in [5.41, 5.74) is 2.78. The number of carbonyl (C=O) groups is 1. The third-order valence-electron chi connectivity index (χ3n) is 5.48. The molecule has 29 heavy (non-hydrogen) atoms. The Labute approximate surface area is 169 Å². The number of rotatable bonds is 6. The van der Waals surface area contributed by atoms with Gasteiger partial charge in [0.25, 0.3) is 5.91 Å². The molecule has 1 aliphatic carbocycles. The van der Waals surface area contributed by atoms with Crippen LogP contribution in [-0.4, -0.2) is 33.3 Å². The summed E-state index contributed by atoms with van der Waals surface area (Å²) < 4.78 is 22.0. The van der Waals surface area contributed by atoms with Crippen molar-refractivity contribution in [2.24, 2.45) is 0 Å². The van der Waals surface area contributed by atoms with Crippen LogP contribution in [0.15, 0.2) is 41.0 Å². The van der Waals surface area contributed by atoms with Crippen LogP contribution >= 0.6 is 0 Å². The van der Waals surface area contributed by atoms with E-state index in [0.29, 0.717) is 28.4 Å². The van der Waals surface area contributed by atoms with Crippen LogP contribution in [0.1, 0.15) is 36.0 Å². The number of fused-ring (bicyclic) bond motifs is 1. The Balaban J connectivity index is 1.85. The van der Waals surface area contributed by atoms with E-state index in [1.54, 1.807) is 39.7 Å². The number of methoxy groups -OCH3 is 3. The van der Waals surface area contributed by atoms with Crippen molar-refractivity contribution in [1.82, 2.24) is 5.32 Å². The molecule has 0 saturated heterocycles. The van der Waals surface area contributed by atoms with E-state index >= 15 is 0 Å². The first-order chi connectivity index (χ1) is 14.1. The van der Waals surface area contributed by atoms with Crippen molar-refractivity contribution in [1.29, 1.82) is 0 Å². The molecule has 4 rings (SSSR count). The van der Waals surface area contributed by atoms with Crippen molar-refractivity contribution in [2.45, 2.75) is 31.7 Å². The summed E-state index contributed by atoms with van der Waals surface area (Å²) in [6.07, 6.45) is 6.00. The van der Waals surface area contributed by atoms with Crippen LogP contribution in [0.2, 0.25) is 0 Å². The van der Waals surface area contributed by atoms with Gasteiger partial charge in [-0.2, -0.15) is 0 Å². The number of hydrogen-bond acceptors (Lipinski definition) is 5. The summed E-state index contributed by atoms with van der Waals surface area (Å²) in [7, 11) is 4.80. The Hall–Kier alpha value is -3.15. The lowest BCUT2D eigenvalue weighted by atomic mass is 9.99. The van der Waals surface area contributed by atoms with E-state index in [0.717, 1.165) is 42.2 Å². The molecule has 6 heteroatoms. The minimum atomic E-state index is -0.113. The highest BCUT2D eigenvalue weighted by Gasteiger charge is 2.23. The highest BCUT2D eigenvalue weighted by Crippen LogP contribution is 2.38. The molecule has 1 amide bonds. The standard InChI is InChI=1S/C23H25NO5/c1-26-16-8-14(9-17(10-16)27-2)20-13-29-21-12-18(28-3)11-19(22(20)21)23(25)24-15-6-4-5-7-15/h8-13,15H,4-7H2,1-3H3,(H,24,25). The van der Waals surface area contributed by atoms with Crippen molar-refractivity contribution >= 4 is 16.9 Å². The maximum absolute atomic E-state index is 13.2. The van der Waals surface area contributed by atoms with Crippen molar-refractivity contribution in [2.75, 3.05) is 21.3 Å². The van der Waals surface area contributed by atoms with E-state index in [1.807, 2.05) is 18.2 Å². The van der Waals surface area contributed by atoms with Gasteiger partial charge in [-0.15, -0.1) is 0 Å². The zero-order valence-corrected chi connectivity index (χ0v) is 16.9. The number of nitrogens with one attached hydrogen (secondary N) is 1. The van der Waals surface area contributed by atoms with Crippen molar-refractivity contribution < 1.29 is 23.4 Å². The van der Waals surface area contributed by atoms with Crippen LogP contribution in [0.4, 0.5) is 0 Å². The molecule has 6 nitrogen and oxygen atoms in total. The fourth-order valence-corrected chi connectivity index (χ4v) is 3.95. The zero-order valence-electron chi connectivity index (χ0n) is 16.9. The van der Waals surface area contributed by atoms with Gasteiger partial charge in [0.1, 0.15) is 22.8 Å². The maximum atomic E-state index is 13.2. The topological polar surface area (TPSA) is 69.9 Å². The second-order valence-electron chi connectivity index (χ2n) is 7.25. The summed E-state index contributed by atoms with van der Waals surface area (Å²) >= 11 is 0. The third kappa shape index (κ3) is 3.75. The summed E-state index contributed by atoms with van der Waals surface area (Å²) in [4.78, 5) is 13.2. The van der Waals surface area contributed by atoms with Gasteiger partial charge in [0.2, 0.25) is 0 Å². The van der Waals surface area contributed by atoms with Crippen molar-refractivity contribution in [3.8, 4) is 28.4 Å². The molecule has 1 fully saturated rings. The molecule has 2 aromatic carbocycles. The Morgan fingerprint density at radius 3 is 2.17 bits per heavy atom. The molecule has 152 valence electrons. The lowest BCUT2D eigenvalue weighted by Crippen LogP contribution is -2.32. The Kier molecular flexibility index (Phi) is 5.34. The van der Waals surface area contributed by atoms with Crippen LogP contribution in [0.3, 0.4) is 0 Å². The third-order valence-corrected chi connectivity index (χ3v) is 5.48. The summed E-state index contributed by atoms with van der Waals surface area (Å²) in [6.45, 7) is 0. The molecule has 0 aliphatic heterocycles. The Morgan fingerprint density at radius 1 is 0.931 bits per heavy atom. The summed E-state index contributed by atoms with van der Waals surface area (Å²) in [5, 5.41) is 3.91. The minimum absolute atomic E-state index is 0.113. The van der Waals surface area contributed by atoms with Crippen LogP contribution in [0.5, 0.6) is 17.2 Å². The highest BCUT2D eigenvalue weighted by atomic mass is 16.5. The number of amides is 1. The van der Waals surface area contributed by atoms with Gasteiger partial charge in [-0.25, -0.2) is 0 Å². The maximum Gasteiger partial charge on any atom is 0.252 e. The van der Waals surface area contributed by atoms with E-state index < -0.39 is 0 Å². The molecular formula is C23H25NO5. The average molecular weight is 395 g/mol. The number of ether oxygens (including phenoxy) is 3. The molecule has 1 heterocycles. The number of hydrogen-bond donors (Lipinski definition) is 1. The van der Waals surface area contributed by atoms with Gasteiger partial charge in [0.05, 0.1) is 33.2 Å². The summed E-state index contributed by atoms with van der Waals surface area (Å²) in [6, 6.07) is 9.38. The molecule has 1 saturated carbocycles. The van der Waals surface area contributed by atoms with E-state index in [4.69, 9.17) is 18.6 Å². The number of furan rings is 1. The second-order valence-corrected chi connectivity index (χ2v) is 7.25. The molecule has 3 aromatic rings. The van der Waals surface area contributed by atoms with Crippen LogP contribution in [-0.2, 0) is 0 Å².